The van der Waals surface area contributed by atoms with Gasteiger partial charge in [-0.1, -0.05) is 30.3 Å². The van der Waals surface area contributed by atoms with Crippen LogP contribution >= 0.6 is 0 Å². The molecule has 19 heavy (non-hydrogen) atoms. The lowest BCUT2D eigenvalue weighted by atomic mass is 10.3. The third-order valence-electron chi connectivity index (χ3n) is 3.04. The van der Waals surface area contributed by atoms with Crippen molar-refractivity contribution in [2.75, 3.05) is 17.7 Å². The van der Waals surface area contributed by atoms with Gasteiger partial charge in [-0.05, 0) is 24.3 Å². The largest absolute Gasteiger partial charge is 0.381 e. The van der Waals surface area contributed by atoms with Gasteiger partial charge in [-0.15, -0.1) is 0 Å². The van der Waals surface area contributed by atoms with Crippen molar-refractivity contribution in [1.29, 1.82) is 0 Å². The number of para-hydroxylation sites is 3. The summed E-state index contributed by atoms with van der Waals surface area (Å²) in [4.78, 5) is 10.9. The molecule has 94 valence electrons. The number of nitrogen functional groups attached to an aromatic ring is 1. The minimum atomic E-state index is 0.435. The smallest absolute Gasteiger partial charge is 0.176 e. The Labute approximate surface area is 111 Å². The van der Waals surface area contributed by atoms with Gasteiger partial charge in [0.2, 0.25) is 0 Å². The van der Waals surface area contributed by atoms with Gasteiger partial charge in [-0.25, -0.2) is 9.97 Å². The van der Waals surface area contributed by atoms with Crippen LogP contribution in [0.5, 0.6) is 0 Å². The number of fused-ring (bicyclic) bond motifs is 1. The molecule has 0 atom stereocenters. The fraction of sp³-hybridized carbons (Fsp3) is 0.0667. The highest BCUT2D eigenvalue weighted by atomic mass is 15.2. The van der Waals surface area contributed by atoms with Crippen LogP contribution in [-0.4, -0.2) is 17.0 Å². The first-order chi connectivity index (χ1) is 9.25. The molecule has 0 spiro atoms. The second-order valence-electron chi connectivity index (χ2n) is 4.32. The molecule has 0 fully saturated rings. The van der Waals surface area contributed by atoms with Gasteiger partial charge in [0.25, 0.3) is 0 Å². The summed E-state index contributed by atoms with van der Waals surface area (Å²) < 4.78 is 0. The zero-order valence-corrected chi connectivity index (χ0v) is 10.6. The van der Waals surface area contributed by atoms with Crippen molar-refractivity contribution in [1.82, 2.24) is 9.97 Å². The molecule has 1 aromatic heterocycles. The van der Waals surface area contributed by atoms with Crippen LogP contribution in [0, 0.1) is 0 Å². The number of rotatable bonds is 2. The Bertz CT molecular complexity index is 710. The van der Waals surface area contributed by atoms with Crippen molar-refractivity contribution >= 4 is 28.4 Å². The van der Waals surface area contributed by atoms with Gasteiger partial charge in [-0.3, -0.25) is 0 Å². The van der Waals surface area contributed by atoms with E-state index in [0.717, 1.165) is 16.7 Å². The van der Waals surface area contributed by atoms with Crippen LogP contribution in [0.2, 0.25) is 0 Å². The lowest BCUT2D eigenvalue weighted by molar-refractivity contribution is 1.13. The Morgan fingerprint density at radius 2 is 1.42 bits per heavy atom. The van der Waals surface area contributed by atoms with Crippen molar-refractivity contribution in [3.63, 3.8) is 0 Å². The van der Waals surface area contributed by atoms with Gasteiger partial charge >= 0.3 is 0 Å². The van der Waals surface area contributed by atoms with Gasteiger partial charge in [0.05, 0.1) is 11.0 Å². The van der Waals surface area contributed by atoms with E-state index in [1.54, 1.807) is 0 Å². The number of aromatic nitrogens is 2. The average Bonchev–Trinajstić information content (AvgIpc) is 2.47. The van der Waals surface area contributed by atoms with E-state index in [1.807, 2.05) is 66.5 Å². The molecule has 4 nitrogen and oxygen atoms in total. The van der Waals surface area contributed by atoms with Crippen molar-refractivity contribution in [3.05, 3.63) is 54.6 Å². The molecule has 2 N–H and O–H groups in total. The summed E-state index contributed by atoms with van der Waals surface area (Å²) in [7, 11) is 1.94. The van der Waals surface area contributed by atoms with E-state index < -0.39 is 0 Å². The number of benzene rings is 2. The molecule has 4 heteroatoms. The minimum Gasteiger partial charge on any atom is -0.381 e. The van der Waals surface area contributed by atoms with Crippen LogP contribution in [-0.2, 0) is 0 Å². The highest BCUT2D eigenvalue weighted by Gasteiger charge is 2.11. The second kappa shape index (κ2) is 4.57. The van der Waals surface area contributed by atoms with E-state index in [1.165, 1.54) is 0 Å². The first kappa shape index (κ1) is 11.5. The summed E-state index contributed by atoms with van der Waals surface area (Å²) in [5, 5.41) is 0. The Kier molecular flexibility index (Phi) is 2.76. The van der Waals surface area contributed by atoms with Crippen molar-refractivity contribution in [2.24, 2.45) is 0 Å². The fourth-order valence-corrected chi connectivity index (χ4v) is 2.03. The maximum absolute atomic E-state index is 6.01. The zero-order chi connectivity index (χ0) is 13.2. The standard InChI is InChI=1S/C15H14N4/c1-19(11-7-3-2-4-8-11)15-14(16)17-12-9-5-6-10-13(12)18-15/h2-10H,1H3,(H2,16,17). The summed E-state index contributed by atoms with van der Waals surface area (Å²) in [5.74, 6) is 1.11. The van der Waals surface area contributed by atoms with Gasteiger partial charge in [-0.2, -0.15) is 0 Å². The molecule has 0 aliphatic carbocycles. The van der Waals surface area contributed by atoms with Gasteiger partial charge in [0.1, 0.15) is 0 Å². The van der Waals surface area contributed by atoms with Gasteiger partial charge < -0.3 is 10.6 Å². The Hall–Kier alpha value is -2.62. The molecule has 0 radical (unpaired) electrons. The van der Waals surface area contributed by atoms with Crippen LogP contribution in [0.3, 0.4) is 0 Å². The van der Waals surface area contributed by atoms with Crippen LogP contribution in [0.15, 0.2) is 54.6 Å². The Morgan fingerprint density at radius 3 is 2.11 bits per heavy atom. The zero-order valence-electron chi connectivity index (χ0n) is 10.6. The van der Waals surface area contributed by atoms with Crippen LogP contribution in [0.25, 0.3) is 11.0 Å². The number of hydrogen-bond donors (Lipinski definition) is 1. The van der Waals surface area contributed by atoms with E-state index in [0.29, 0.717) is 11.6 Å². The first-order valence-corrected chi connectivity index (χ1v) is 6.07. The highest BCUT2D eigenvalue weighted by Crippen LogP contribution is 2.27. The molecule has 3 aromatic rings. The molecule has 0 aliphatic rings. The maximum atomic E-state index is 6.01. The molecular weight excluding hydrogens is 236 g/mol. The summed E-state index contributed by atoms with van der Waals surface area (Å²) in [6.07, 6.45) is 0. The highest BCUT2D eigenvalue weighted by molar-refractivity contribution is 5.81. The average molecular weight is 250 g/mol. The van der Waals surface area contributed by atoms with Crippen LogP contribution < -0.4 is 10.6 Å². The molecule has 0 aliphatic heterocycles. The van der Waals surface area contributed by atoms with Crippen LogP contribution in [0.4, 0.5) is 17.3 Å². The van der Waals surface area contributed by atoms with E-state index in [9.17, 15) is 0 Å². The van der Waals surface area contributed by atoms with Gasteiger partial charge in [0, 0.05) is 12.7 Å². The van der Waals surface area contributed by atoms with Crippen molar-refractivity contribution in [2.45, 2.75) is 0 Å². The summed E-state index contributed by atoms with van der Waals surface area (Å²) in [6, 6.07) is 17.7. The second-order valence-corrected chi connectivity index (χ2v) is 4.32. The molecule has 0 bridgehead atoms. The normalized spacial score (nSPS) is 10.6. The van der Waals surface area contributed by atoms with E-state index in [-0.39, 0.29) is 0 Å². The predicted molar refractivity (Wildman–Crippen MR) is 78.5 cm³/mol. The van der Waals surface area contributed by atoms with E-state index in [4.69, 9.17) is 5.73 Å². The Morgan fingerprint density at radius 1 is 0.842 bits per heavy atom. The van der Waals surface area contributed by atoms with Crippen molar-refractivity contribution in [3.8, 4) is 0 Å². The van der Waals surface area contributed by atoms with Gasteiger partial charge in [0.15, 0.2) is 11.6 Å². The van der Waals surface area contributed by atoms with E-state index in [2.05, 4.69) is 9.97 Å². The summed E-state index contributed by atoms with van der Waals surface area (Å²) in [6.45, 7) is 0. The lowest BCUT2D eigenvalue weighted by Crippen LogP contribution is -2.14. The topological polar surface area (TPSA) is 55.0 Å². The number of nitrogens with zero attached hydrogens (tertiary/aromatic N) is 3. The molecule has 2 aromatic carbocycles. The molecule has 0 amide bonds. The molecular formula is C15H14N4. The summed E-state index contributed by atoms with van der Waals surface area (Å²) >= 11 is 0. The van der Waals surface area contributed by atoms with E-state index >= 15 is 0 Å². The fourth-order valence-electron chi connectivity index (χ4n) is 2.03. The minimum absolute atomic E-state index is 0.435. The molecule has 1 heterocycles. The maximum Gasteiger partial charge on any atom is 0.176 e. The summed E-state index contributed by atoms with van der Waals surface area (Å²) in [5.41, 5.74) is 8.69. The first-order valence-electron chi connectivity index (χ1n) is 6.07. The SMILES string of the molecule is CN(c1ccccc1)c1nc2ccccc2nc1N. The predicted octanol–water partition coefficient (Wildman–Crippen LogP) is 2.98. The molecule has 0 saturated heterocycles. The molecule has 3 rings (SSSR count). The van der Waals surface area contributed by atoms with Crippen LogP contribution in [0.1, 0.15) is 0 Å². The third kappa shape index (κ3) is 2.08. The molecule has 0 saturated carbocycles. The lowest BCUT2D eigenvalue weighted by Gasteiger charge is -2.19. The number of anilines is 3. The van der Waals surface area contributed by atoms with Crippen molar-refractivity contribution < 1.29 is 0 Å². The number of nitrogens with two attached hydrogens (primary N) is 1. The monoisotopic (exact) mass is 250 g/mol. The third-order valence-corrected chi connectivity index (χ3v) is 3.04. The quantitative estimate of drug-likeness (QED) is 0.759. The molecule has 0 unspecified atom stereocenters. The number of hydrogen-bond acceptors (Lipinski definition) is 4. The Balaban J connectivity index is 2.12.